The number of methoxy groups -OCH3 is 1. The number of nitrogens with zero attached hydrogens (tertiary/aromatic N) is 2. The van der Waals surface area contributed by atoms with Crippen molar-refractivity contribution in [1.82, 2.24) is 0 Å². The number of aryl methyl sites for hydroxylation is 2. The fourth-order valence-corrected chi connectivity index (χ4v) is 8.27. The van der Waals surface area contributed by atoms with E-state index in [-0.39, 0.29) is 20.3 Å². The van der Waals surface area contributed by atoms with Crippen LogP contribution in [0.5, 0.6) is 5.75 Å². The molecule has 1 spiro atoms. The molecule has 2 aromatic rings. The van der Waals surface area contributed by atoms with Gasteiger partial charge in [-0.05, 0) is 86.6 Å². The van der Waals surface area contributed by atoms with Gasteiger partial charge < -0.3 is 34.4 Å². The molecule has 2 aromatic carbocycles. The van der Waals surface area contributed by atoms with Crippen LogP contribution in [0.25, 0.3) is 0 Å². The van der Waals surface area contributed by atoms with Gasteiger partial charge in [-0.3, -0.25) is 4.79 Å². The van der Waals surface area contributed by atoms with Crippen LogP contribution >= 0.6 is 0 Å². The number of urea groups is 1. The zero-order valence-electron chi connectivity index (χ0n) is 28.0. The first kappa shape index (κ1) is 35.5. The summed E-state index contributed by atoms with van der Waals surface area (Å²) in [6, 6.07) is 11.7. The highest BCUT2D eigenvalue weighted by molar-refractivity contribution is 7.75. The Morgan fingerprint density at radius 1 is 1.17 bits per heavy atom. The van der Waals surface area contributed by atoms with E-state index in [0.717, 1.165) is 63.1 Å². The Labute approximate surface area is 279 Å². The van der Waals surface area contributed by atoms with Gasteiger partial charge in [-0.1, -0.05) is 68.4 Å². The molecule has 1 saturated carbocycles. The van der Waals surface area contributed by atoms with Crippen molar-refractivity contribution in [2.24, 2.45) is 33.6 Å². The van der Waals surface area contributed by atoms with Crippen LogP contribution < -0.4 is 21.1 Å². The average molecular weight is 656 g/mol. The fraction of sp³-hybridized carbons (Fsp3) is 0.556. The van der Waals surface area contributed by atoms with Crippen LogP contribution in [0.2, 0.25) is 0 Å². The van der Waals surface area contributed by atoms with Crippen molar-refractivity contribution in [3.05, 3.63) is 70.8 Å². The molecule has 4 aliphatic rings. The molecule has 2 heterocycles. The Morgan fingerprint density at radius 3 is 2.63 bits per heavy atom. The number of nitrogens with two attached hydrogens (primary N) is 2. The van der Waals surface area contributed by atoms with E-state index in [1.807, 2.05) is 33.1 Å². The number of carbonyl (C=O) groups is 2. The molecule has 2 aliphatic carbocycles. The minimum atomic E-state index is -1.57. The molecule has 0 saturated heterocycles. The van der Waals surface area contributed by atoms with E-state index in [4.69, 9.17) is 14.3 Å². The molecule has 9 nitrogen and oxygen atoms in total. The van der Waals surface area contributed by atoms with Crippen LogP contribution in [-0.4, -0.2) is 50.6 Å². The Balaban J connectivity index is 0.000000933. The van der Waals surface area contributed by atoms with Gasteiger partial charge >= 0.3 is 6.03 Å². The van der Waals surface area contributed by atoms with E-state index < -0.39 is 22.5 Å². The molecule has 0 radical (unpaired) electrons. The lowest BCUT2D eigenvalue weighted by Gasteiger charge is -2.46. The lowest BCUT2D eigenvalue weighted by molar-refractivity contribution is 0.0131. The van der Waals surface area contributed by atoms with Crippen LogP contribution in [0.1, 0.15) is 82.8 Å². The van der Waals surface area contributed by atoms with Gasteiger partial charge in [-0.25, -0.2) is 4.79 Å². The number of hydrogen-bond donors (Lipinski definition) is 2. The Kier molecular flexibility index (Phi) is 12.3. The van der Waals surface area contributed by atoms with E-state index in [1.165, 1.54) is 16.7 Å². The number of carbonyl (C=O) groups excluding carboxylic acids is 2. The minimum Gasteiger partial charge on any atom is -0.490 e. The summed E-state index contributed by atoms with van der Waals surface area (Å²) in [5.41, 5.74) is 13.9. The summed E-state index contributed by atoms with van der Waals surface area (Å²) in [6.45, 7) is 10.6. The number of hydrogen-bond acceptors (Lipinski definition) is 7. The summed E-state index contributed by atoms with van der Waals surface area (Å²) in [7, 11) is 0.238. The number of amides is 3. The number of anilines is 1. The van der Waals surface area contributed by atoms with Gasteiger partial charge in [-0.15, -0.1) is 0 Å². The maximum absolute atomic E-state index is 13.1. The van der Waals surface area contributed by atoms with Crippen LogP contribution in [0.15, 0.2) is 52.9 Å². The second-order valence-corrected chi connectivity index (χ2v) is 14.1. The Hall–Kier alpha value is -3.37. The van der Waals surface area contributed by atoms with Gasteiger partial charge in [0, 0.05) is 34.0 Å². The molecule has 46 heavy (non-hydrogen) atoms. The first-order chi connectivity index (χ1) is 22.1. The number of allylic oxidation sites excluding steroid dienone is 1. The zero-order valence-corrected chi connectivity index (χ0v) is 28.8. The van der Waals surface area contributed by atoms with Crippen molar-refractivity contribution < 1.29 is 26.1 Å². The number of ether oxygens (including phenoxy) is 2. The van der Waals surface area contributed by atoms with Gasteiger partial charge in [0.2, 0.25) is 0 Å². The van der Waals surface area contributed by atoms with Crippen LogP contribution in [-0.2, 0) is 31.4 Å². The molecule has 2 aliphatic heterocycles. The van der Waals surface area contributed by atoms with Crippen molar-refractivity contribution in [1.29, 1.82) is 0 Å². The molecule has 3 amide bonds. The lowest BCUT2D eigenvalue weighted by Crippen LogP contribution is -2.49. The maximum atomic E-state index is 13.1. The van der Waals surface area contributed by atoms with E-state index in [2.05, 4.69) is 64.9 Å². The quantitative estimate of drug-likeness (QED) is 0.252. The molecule has 256 valence electrons. The molecule has 6 rings (SSSR count). The molecular weight excluding hydrogens is 600 g/mol. The van der Waals surface area contributed by atoms with E-state index >= 15 is 0 Å². The summed E-state index contributed by atoms with van der Waals surface area (Å²) in [4.78, 5) is 24.6. The van der Waals surface area contributed by atoms with Crippen molar-refractivity contribution in [3.63, 3.8) is 0 Å². The van der Waals surface area contributed by atoms with E-state index in [9.17, 15) is 9.00 Å². The highest BCUT2D eigenvalue weighted by Crippen LogP contribution is 2.46. The van der Waals surface area contributed by atoms with Crippen molar-refractivity contribution in [3.8, 4) is 5.75 Å². The van der Waals surface area contributed by atoms with Gasteiger partial charge in [0.25, 0.3) is 5.91 Å². The molecule has 2 bridgehead atoms. The first-order valence-corrected chi connectivity index (χ1v) is 17.9. The summed E-state index contributed by atoms with van der Waals surface area (Å²) in [6.07, 6.45) is 10.8. The summed E-state index contributed by atoms with van der Waals surface area (Å²) < 4.78 is 29.4. The van der Waals surface area contributed by atoms with Gasteiger partial charge in [0.05, 0.1) is 18.4 Å². The molecular formula is C36H55N4O5S-. The summed E-state index contributed by atoms with van der Waals surface area (Å²) in [5, 5.41) is 0. The smallest absolute Gasteiger partial charge is 0.309 e. The minimum absolute atomic E-state index is 0. The molecule has 10 heteroatoms. The van der Waals surface area contributed by atoms with Gasteiger partial charge in [0.15, 0.2) is 0 Å². The zero-order chi connectivity index (χ0) is 33.4. The summed E-state index contributed by atoms with van der Waals surface area (Å²) in [5.74, 6) is 1.84. The van der Waals surface area contributed by atoms with Crippen LogP contribution in [0, 0.1) is 24.7 Å². The summed E-state index contributed by atoms with van der Waals surface area (Å²) >= 11 is 0. The van der Waals surface area contributed by atoms with Gasteiger partial charge in [-0.2, -0.15) is 10.6 Å². The molecule has 5 atom stereocenters. The number of primary amides is 2. The highest BCUT2D eigenvalue weighted by Gasteiger charge is 2.44. The van der Waals surface area contributed by atoms with Crippen molar-refractivity contribution in [2.75, 3.05) is 37.5 Å². The number of rotatable bonds is 1. The maximum Gasteiger partial charge on any atom is 0.309 e. The second-order valence-electron chi connectivity index (χ2n) is 12.9. The monoisotopic (exact) mass is 655 g/mol. The van der Waals surface area contributed by atoms with Crippen molar-refractivity contribution >= 4 is 28.2 Å². The van der Waals surface area contributed by atoms with Gasteiger partial charge in [0.1, 0.15) is 5.75 Å². The third-order valence-electron chi connectivity index (χ3n) is 9.58. The SMILES string of the molecule is CC.CO[C@H]1/C=C/C[C@H](C)C[S-](=O)=NC(=O)c2ccc3c(c2)N(C[C@@H]2CC[C@H]21)C[C@@]1(CCCc2cc(C)ccc21)CO3.NC(N)=O.[HH].[HH]. The lowest BCUT2D eigenvalue weighted by atomic mass is 9.68. The largest absolute Gasteiger partial charge is 0.490 e. The van der Waals surface area contributed by atoms with Crippen LogP contribution in [0.4, 0.5) is 10.5 Å². The predicted molar refractivity (Wildman–Crippen MR) is 189 cm³/mol. The molecule has 4 N–H and O–H groups in total. The normalized spacial score (nSPS) is 28.2. The standard InChI is InChI=1S/C33H41N2O4S.C2H6.CH4N2O.2H2/c1-22-9-13-28-24(16-22)7-5-15-33(28)20-35-18-26-10-12-27(26)30(38-3)8-4-6-23(2)19-40(37)34-32(36)25-11-14-31(39-21-33)29(35)17-25;1-2;2-1(3)4;;/h4,8-9,11,13-14,16-17,23,26-27,30H,5-7,10,12,15,18-21H2,1-3H3;1-2H3;(H4,2,3,4);2*1H/q-1;;;;/b8-4+;;;;/t23-,26-,27+,30-,33-;;;;/m0..../s1. The van der Waals surface area contributed by atoms with Crippen LogP contribution in [0.3, 0.4) is 0 Å². The molecule has 1 fully saturated rings. The third-order valence-corrected chi connectivity index (χ3v) is 10.8. The average Bonchev–Trinajstić information content (AvgIpc) is 3.15. The predicted octanol–water partition coefficient (Wildman–Crippen LogP) is 6.93. The molecule has 0 unspecified atom stereocenters. The number of benzene rings is 2. The van der Waals surface area contributed by atoms with Crippen molar-refractivity contribution in [2.45, 2.75) is 77.7 Å². The van der Waals surface area contributed by atoms with E-state index in [1.54, 1.807) is 6.07 Å². The third kappa shape index (κ3) is 8.31. The second kappa shape index (κ2) is 16.0. The Bertz CT molecular complexity index is 1510. The Morgan fingerprint density at radius 2 is 1.93 bits per heavy atom. The molecule has 0 aromatic heterocycles. The highest BCUT2D eigenvalue weighted by atomic mass is 32.2. The fourth-order valence-electron chi connectivity index (χ4n) is 7.28. The van der Waals surface area contributed by atoms with E-state index in [0.29, 0.717) is 29.8 Å². The number of fused-ring (bicyclic) bond motifs is 4. The first-order valence-electron chi connectivity index (χ1n) is 16.6. The topological polar surface area (TPSA) is 137 Å².